The highest BCUT2D eigenvalue weighted by Crippen LogP contribution is 2.54. The van der Waals surface area contributed by atoms with Crippen molar-refractivity contribution >= 4 is 20.6 Å². The fourth-order valence-corrected chi connectivity index (χ4v) is 5.39. The van der Waals surface area contributed by atoms with Crippen molar-refractivity contribution in [2.75, 3.05) is 0 Å². The van der Waals surface area contributed by atoms with Gasteiger partial charge in [0.2, 0.25) is 0 Å². The van der Waals surface area contributed by atoms with E-state index < -0.39 is 30.1 Å². The molecule has 1 heterocycles. The third-order valence-electron chi connectivity index (χ3n) is 4.16. The number of hydrogen-bond acceptors (Lipinski definition) is 4. The molecule has 25 heavy (non-hydrogen) atoms. The molecule has 1 atom stereocenters. The molecule has 0 spiro atoms. The van der Waals surface area contributed by atoms with E-state index in [1.165, 1.54) is 0 Å². The van der Waals surface area contributed by atoms with Gasteiger partial charge in [0.1, 0.15) is 0 Å². The maximum Gasteiger partial charge on any atom is 0.600 e. The van der Waals surface area contributed by atoms with E-state index in [9.17, 15) is 13.2 Å². The number of fused-ring (bicyclic) bond motifs is 1. The first kappa shape index (κ1) is 20.6. The van der Waals surface area contributed by atoms with E-state index in [4.69, 9.17) is 16.8 Å². The van der Waals surface area contributed by atoms with E-state index in [1.807, 2.05) is 18.2 Å². The summed E-state index contributed by atoms with van der Waals surface area (Å²) in [5.74, 6) is 0.120. The van der Waals surface area contributed by atoms with Crippen LogP contribution in [-0.2, 0) is 5.51 Å². The van der Waals surface area contributed by atoms with Gasteiger partial charge >= 0.3 is 5.51 Å². The lowest BCUT2D eigenvalue weighted by Crippen LogP contribution is -2.68. The van der Waals surface area contributed by atoms with Gasteiger partial charge in [-0.15, -0.1) is 13.2 Å². The van der Waals surface area contributed by atoms with Gasteiger partial charge in [0.15, 0.2) is 9.58 Å². The Morgan fingerprint density at radius 2 is 1.44 bits per heavy atom. The summed E-state index contributed by atoms with van der Waals surface area (Å²) >= 11 is -5.62. The highest BCUT2D eigenvalue weighted by Gasteiger charge is 2.49. The molecule has 9 heteroatoms. The fraction of sp³-hybridized carbons (Fsp3) is 0.500. The van der Waals surface area contributed by atoms with Gasteiger partial charge in [0.05, 0.1) is 24.6 Å². The maximum atomic E-state index is 13.5. The molecule has 0 amide bonds. The second-order valence-corrected chi connectivity index (χ2v) is 9.48. The highest BCUT2D eigenvalue weighted by atomic mass is 80.0. The molecule has 2 aromatic rings. The van der Waals surface area contributed by atoms with Crippen LogP contribution in [0, 0.1) is 14.1 Å². The average Bonchev–Trinajstić information content (AvgIpc) is 2.66. The summed E-state index contributed by atoms with van der Waals surface area (Å²) < 4.78 is 75.3. The summed E-state index contributed by atoms with van der Waals surface area (Å²) in [6, 6.07) is 8.82. The molecule has 1 aliphatic carbocycles. The van der Waals surface area contributed by atoms with E-state index in [1.54, 1.807) is 12.1 Å². The number of benzene rings is 1. The van der Waals surface area contributed by atoms with Crippen LogP contribution in [0.2, 0.25) is 0 Å². The third kappa shape index (κ3) is 6.19. The zero-order chi connectivity index (χ0) is 18.7. The number of hydrogen-bond donors (Lipinski definition) is 0. The molecule has 1 aromatic heterocycles. The van der Waals surface area contributed by atoms with E-state index in [0.29, 0.717) is 9.58 Å². The van der Waals surface area contributed by atoms with Crippen molar-refractivity contribution < 1.29 is 44.1 Å². The quantitative estimate of drug-likeness (QED) is 0.496. The molecule has 140 valence electrons. The Kier molecular flexibility index (Phi) is 6.86. The second kappa shape index (κ2) is 8.32. The van der Waals surface area contributed by atoms with Crippen LogP contribution in [0.5, 0.6) is 0 Å². The molecule has 4 nitrogen and oxygen atoms in total. The topological polar surface area (TPSA) is 92.2 Å². The normalized spacial score (nSPS) is 17.8. The van der Waals surface area contributed by atoms with Gasteiger partial charge in [-0.3, -0.25) is 16.8 Å². The summed E-state index contributed by atoms with van der Waals surface area (Å²) in [5.41, 5.74) is -4.15. The lowest BCUT2D eigenvalue weighted by atomic mass is 9.98. The van der Waals surface area contributed by atoms with Gasteiger partial charge in [0, 0.05) is 17.4 Å². The Morgan fingerprint density at radius 1 is 0.920 bits per heavy atom. The number of alkyl halides is 3. The molecular weight excluding hydrogens is 425 g/mol. The number of halogens is 4. The van der Waals surface area contributed by atoms with Crippen LogP contribution in [0.15, 0.2) is 30.3 Å². The minimum absolute atomic E-state index is 0.120. The summed E-state index contributed by atoms with van der Waals surface area (Å²) in [6.07, 6.45) is 6.28. The van der Waals surface area contributed by atoms with Crippen LogP contribution in [0.1, 0.15) is 49.3 Å². The molecular formula is C16H18BrF3O4S. The third-order valence-corrected chi connectivity index (χ3v) is 6.36. The van der Waals surface area contributed by atoms with Gasteiger partial charge in [-0.2, -0.15) is 0 Å². The monoisotopic (exact) mass is 442 g/mol. The molecule has 1 saturated carbocycles. The van der Waals surface area contributed by atoms with E-state index in [0.717, 1.165) is 43.9 Å². The van der Waals surface area contributed by atoms with Gasteiger partial charge < -0.3 is 0 Å². The molecule has 0 bridgehead atoms. The van der Waals surface area contributed by atoms with Crippen molar-refractivity contribution in [3.63, 3.8) is 0 Å². The smallest absolute Gasteiger partial charge is 0.264 e. The van der Waals surface area contributed by atoms with Crippen LogP contribution in [-0.4, -0.2) is 0 Å². The molecule has 3 rings (SSSR count). The predicted molar refractivity (Wildman–Crippen MR) is 78.2 cm³/mol. The predicted octanol–water partition coefficient (Wildman–Crippen LogP) is 1.75. The van der Waals surface area contributed by atoms with E-state index in [-0.39, 0.29) is 5.92 Å². The summed E-state index contributed by atoms with van der Waals surface area (Å²) in [7, 11) is -1.70. The maximum absolute atomic E-state index is 13.5. The molecule has 1 aliphatic rings. The van der Waals surface area contributed by atoms with E-state index in [2.05, 4.69) is 0 Å². The fourth-order valence-electron chi connectivity index (χ4n) is 3.23. The van der Waals surface area contributed by atoms with Crippen molar-refractivity contribution in [2.45, 2.75) is 50.0 Å². The van der Waals surface area contributed by atoms with Crippen LogP contribution in [0.4, 0.5) is 13.2 Å². The summed E-state index contributed by atoms with van der Waals surface area (Å²) in [6.45, 7) is 0. The summed E-state index contributed by atoms with van der Waals surface area (Å²) in [5, 5.41) is 0.771. The van der Waals surface area contributed by atoms with E-state index >= 15 is 0 Å². The highest BCUT2D eigenvalue weighted by molar-refractivity contribution is 7.38. The van der Waals surface area contributed by atoms with Crippen molar-refractivity contribution in [1.29, 1.82) is 0 Å². The molecule has 1 fully saturated rings. The zero-order valence-corrected chi connectivity index (χ0v) is 15.7. The van der Waals surface area contributed by atoms with Crippen molar-refractivity contribution in [2.24, 2.45) is 0 Å². The van der Waals surface area contributed by atoms with Gasteiger partial charge in [-0.05, 0) is 25.0 Å². The van der Waals surface area contributed by atoms with Crippen molar-refractivity contribution in [1.82, 2.24) is 0 Å². The van der Waals surface area contributed by atoms with Crippen molar-refractivity contribution in [3.8, 4) is 0 Å². The van der Waals surface area contributed by atoms with Crippen LogP contribution in [0.25, 0.3) is 10.1 Å². The van der Waals surface area contributed by atoms with Crippen LogP contribution >= 0.6 is 10.5 Å². The Bertz CT molecular complexity index is 683. The number of rotatable bonds is 1. The lowest BCUT2D eigenvalue weighted by Gasteiger charge is -2.11. The molecule has 1 unspecified atom stereocenters. The van der Waals surface area contributed by atoms with Gasteiger partial charge in [-0.25, -0.2) is 0 Å². The Labute approximate surface area is 150 Å². The molecule has 0 N–H and O–H groups in total. The Hall–Kier alpha value is -0.710. The first-order chi connectivity index (χ1) is 11.6. The molecule has 0 saturated heterocycles. The van der Waals surface area contributed by atoms with Crippen LogP contribution < -0.4 is 16.8 Å². The Balaban J connectivity index is 0.000000399. The largest absolute Gasteiger partial charge is 0.600 e. The summed E-state index contributed by atoms with van der Waals surface area (Å²) in [4.78, 5) is 0.639. The van der Waals surface area contributed by atoms with Crippen LogP contribution in [0.3, 0.4) is 0 Å². The first-order valence-corrected chi connectivity index (χ1v) is 11.6. The first-order valence-electron chi connectivity index (χ1n) is 7.81. The molecule has 0 aliphatic heterocycles. The molecule has 1 aromatic carbocycles. The molecule has 0 radical (unpaired) electrons. The van der Waals surface area contributed by atoms with Gasteiger partial charge in [0.25, 0.3) is 0 Å². The lowest BCUT2D eigenvalue weighted by molar-refractivity contribution is -2.00. The zero-order valence-electron chi connectivity index (χ0n) is 13.3. The minimum atomic E-state index is -5.62. The minimum Gasteiger partial charge on any atom is -0.264 e. The van der Waals surface area contributed by atoms with Crippen molar-refractivity contribution in [3.05, 3.63) is 35.2 Å². The SMILES string of the molecule is FC(F)(F)[s+]1c(C2CCCCCC2)cc2ccccc21.[O-][Br+3]([O-])([O-])[O-]. The second-order valence-electron chi connectivity index (χ2n) is 5.90. The standard InChI is InChI=1S/C16H18F3S.BrO4/c17-16(18,19)20-14-10-6-5-9-13(14)11-15(20)12-7-3-1-2-4-8-12;2-1(3,4)5/h5-6,9-12H,1-4,7-8H2;/q+1;-1. The number of thiophene rings is 1. The Morgan fingerprint density at radius 3 is 1.96 bits per heavy atom. The average molecular weight is 443 g/mol. The van der Waals surface area contributed by atoms with Gasteiger partial charge in [-0.1, -0.05) is 37.8 Å².